The minimum Gasteiger partial charge on any atom is -0.550 e. The molecule has 1 N–H and O–H groups in total. The maximum atomic E-state index is 12.8. The van der Waals surface area contributed by atoms with Gasteiger partial charge in [-0.3, -0.25) is 4.79 Å². The van der Waals surface area contributed by atoms with Crippen LogP contribution >= 0.6 is 0 Å². The van der Waals surface area contributed by atoms with Crippen molar-refractivity contribution in [1.29, 1.82) is 0 Å². The molecular weight excluding hydrogens is 438 g/mol. The van der Waals surface area contributed by atoms with Crippen LogP contribution in [0.5, 0.6) is 0 Å². The summed E-state index contributed by atoms with van der Waals surface area (Å²) in [6.07, 6.45) is 22.2. The number of aliphatic carboxylic acids is 1. The number of carbonyl (C=O) groups is 2. The maximum absolute atomic E-state index is 12.8. The fourth-order valence-electron chi connectivity index (χ4n) is 4.70. The van der Waals surface area contributed by atoms with E-state index in [0.29, 0.717) is 12.5 Å². The van der Waals surface area contributed by atoms with Gasteiger partial charge in [-0.1, -0.05) is 124 Å². The predicted octanol–water partition coefficient (Wildman–Crippen LogP) is 7.10. The Labute approximate surface area is 217 Å². The highest BCUT2D eigenvalue weighted by Gasteiger charge is 2.24. The van der Waals surface area contributed by atoms with Gasteiger partial charge < -0.3 is 20.0 Å². The molecule has 0 aromatic heterocycles. The summed E-state index contributed by atoms with van der Waals surface area (Å²) in [4.78, 5) is 24.1. The molecule has 35 heavy (non-hydrogen) atoms. The summed E-state index contributed by atoms with van der Waals surface area (Å²) >= 11 is 0. The van der Waals surface area contributed by atoms with Crippen molar-refractivity contribution in [1.82, 2.24) is 5.32 Å². The Morgan fingerprint density at radius 2 is 1.23 bits per heavy atom. The zero-order valence-corrected chi connectivity index (χ0v) is 23.7. The molecule has 0 aromatic carbocycles. The van der Waals surface area contributed by atoms with Gasteiger partial charge in [-0.2, -0.15) is 0 Å². The third-order valence-electron chi connectivity index (χ3n) is 7.12. The first-order valence-corrected chi connectivity index (χ1v) is 15.1. The second kappa shape index (κ2) is 24.6. The quantitative estimate of drug-likeness (QED) is 0.102. The van der Waals surface area contributed by atoms with E-state index in [1.807, 2.05) is 0 Å². The Morgan fingerprint density at radius 3 is 1.71 bits per heavy atom. The largest absolute Gasteiger partial charge is 0.550 e. The van der Waals surface area contributed by atoms with E-state index in [-0.39, 0.29) is 12.5 Å². The molecule has 0 amide bonds. The van der Waals surface area contributed by atoms with Crippen molar-refractivity contribution in [3.8, 4) is 0 Å². The van der Waals surface area contributed by atoms with E-state index in [0.717, 1.165) is 51.4 Å². The lowest BCUT2D eigenvalue weighted by molar-refractivity contribution is -0.306. The smallest absolute Gasteiger partial charge is 0.323 e. The summed E-state index contributed by atoms with van der Waals surface area (Å²) in [6.45, 7) is 9.30. The van der Waals surface area contributed by atoms with Crippen molar-refractivity contribution < 1.29 is 19.4 Å². The second-order valence-electron chi connectivity index (χ2n) is 10.5. The number of hydrogen-bond donors (Lipinski definition) is 1. The number of ether oxygens (including phenoxy) is 1. The van der Waals surface area contributed by atoms with Crippen LogP contribution in [0, 0.1) is 5.92 Å². The molecule has 0 bridgehead atoms. The first kappa shape index (κ1) is 33.9. The number of hydrogen-bond acceptors (Lipinski definition) is 5. The highest BCUT2D eigenvalue weighted by Crippen LogP contribution is 2.17. The average Bonchev–Trinajstić information content (AvgIpc) is 2.83. The fourth-order valence-corrected chi connectivity index (χ4v) is 4.70. The Kier molecular flexibility index (Phi) is 23.8. The molecule has 5 nitrogen and oxygen atoms in total. The first-order valence-electron chi connectivity index (χ1n) is 15.1. The Balaban J connectivity index is 4.29. The highest BCUT2D eigenvalue weighted by molar-refractivity contribution is 5.81. The number of nitrogens with one attached hydrogen (secondary N) is 1. The van der Waals surface area contributed by atoms with Crippen molar-refractivity contribution in [2.45, 2.75) is 168 Å². The summed E-state index contributed by atoms with van der Waals surface area (Å²) in [7, 11) is 0. The van der Waals surface area contributed by atoms with E-state index in [4.69, 9.17) is 4.74 Å². The summed E-state index contributed by atoms with van der Waals surface area (Å²) in [5, 5.41) is 14.4. The number of carbonyl (C=O) groups excluding carboxylic acids is 2. The van der Waals surface area contributed by atoms with Crippen LogP contribution in [0.1, 0.15) is 156 Å². The molecule has 0 radical (unpaired) electrons. The van der Waals surface area contributed by atoms with Crippen molar-refractivity contribution in [2.24, 2.45) is 5.92 Å². The topological polar surface area (TPSA) is 78.5 Å². The van der Waals surface area contributed by atoms with Crippen LogP contribution in [0.3, 0.4) is 0 Å². The molecule has 5 heteroatoms. The van der Waals surface area contributed by atoms with Crippen molar-refractivity contribution in [2.75, 3.05) is 6.54 Å². The number of unbranched alkanes of at least 4 members (excludes halogenated alkanes) is 12. The summed E-state index contributed by atoms with van der Waals surface area (Å²) < 4.78 is 5.81. The van der Waals surface area contributed by atoms with E-state index in [1.165, 1.54) is 70.6 Å². The molecule has 0 aliphatic rings. The molecule has 208 valence electrons. The summed E-state index contributed by atoms with van der Waals surface area (Å²) in [5.74, 6) is -1.20. The van der Waals surface area contributed by atoms with Crippen molar-refractivity contribution in [3.63, 3.8) is 0 Å². The van der Waals surface area contributed by atoms with Crippen LogP contribution in [0.15, 0.2) is 0 Å². The van der Waals surface area contributed by atoms with Gasteiger partial charge in [0, 0.05) is 12.4 Å². The van der Waals surface area contributed by atoms with Gasteiger partial charge in [0.05, 0.1) is 0 Å². The SMILES string of the molecule is CCCCCCCCCCCCCCC(CCC)OC(=O)[C@H](CC(=O)[O-])NCC(CC)CCCC. The minimum atomic E-state index is -1.21. The molecular formula is C30H58NO4-. The molecule has 3 atom stereocenters. The molecule has 0 aromatic rings. The Morgan fingerprint density at radius 1 is 0.686 bits per heavy atom. The molecule has 0 fully saturated rings. The van der Waals surface area contributed by atoms with Gasteiger partial charge in [0.15, 0.2) is 0 Å². The van der Waals surface area contributed by atoms with Gasteiger partial charge in [-0.15, -0.1) is 0 Å². The van der Waals surface area contributed by atoms with E-state index in [1.54, 1.807) is 0 Å². The molecule has 0 aliphatic heterocycles. The van der Waals surface area contributed by atoms with Crippen molar-refractivity contribution in [3.05, 3.63) is 0 Å². The second-order valence-corrected chi connectivity index (χ2v) is 10.5. The monoisotopic (exact) mass is 496 g/mol. The van der Waals surface area contributed by atoms with E-state index in [9.17, 15) is 14.7 Å². The van der Waals surface area contributed by atoms with Crippen molar-refractivity contribution >= 4 is 11.9 Å². The standard InChI is InChI=1S/C30H59NO4/c1-5-9-11-12-13-14-15-16-17-18-19-20-23-27(21-7-3)35-30(34)28(24-29(32)33)31-25-26(8-4)22-10-6-2/h26-28,31H,5-25H2,1-4H3,(H,32,33)/p-1/t26?,27?,28-/m0/s1. The highest BCUT2D eigenvalue weighted by atomic mass is 16.5. The molecule has 0 saturated heterocycles. The lowest BCUT2D eigenvalue weighted by Crippen LogP contribution is -2.45. The van der Waals surface area contributed by atoms with Gasteiger partial charge in [0.1, 0.15) is 12.1 Å². The lowest BCUT2D eigenvalue weighted by atomic mass is 9.99. The first-order chi connectivity index (χ1) is 17.0. The van der Waals surface area contributed by atoms with Crippen LogP contribution in [-0.4, -0.2) is 30.6 Å². The zero-order chi connectivity index (χ0) is 26.2. The summed E-state index contributed by atoms with van der Waals surface area (Å²) in [6, 6.07) is -0.822. The fraction of sp³-hybridized carbons (Fsp3) is 0.933. The van der Waals surface area contributed by atoms with Gasteiger partial charge in [0.25, 0.3) is 0 Å². The number of esters is 1. The van der Waals surface area contributed by atoms with Crippen LogP contribution in [-0.2, 0) is 14.3 Å². The van der Waals surface area contributed by atoms with E-state index >= 15 is 0 Å². The molecule has 0 saturated carbocycles. The Hall–Kier alpha value is -1.10. The normalized spacial score (nSPS) is 13.9. The Bertz CT molecular complexity index is 497. The molecule has 0 rings (SSSR count). The minimum absolute atomic E-state index is 0.122. The number of carboxylic acids is 1. The lowest BCUT2D eigenvalue weighted by Gasteiger charge is -2.25. The predicted molar refractivity (Wildman–Crippen MR) is 145 cm³/mol. The third-order valence-corrected chi connectivity index (χ3v) is 7.12. The van der Waals surface area contributed by atoms with E-state index in [2.05, 4.69) is 33.0 Å². The van der Waals surface area contributed by atoms with Crippen LogP contribution in [0.2, 0.25) is 0 Å². The molecule has 0 heterocycles. The van der Waals surface area contributed by atoms with Gasteiger partial charge in [0.2, 0.25) is 0 Å². The number of rotatable bonds is 26. The van der Waals surface area contributed by atoms with Crippen LogP contribution in [0.4, 0.5) is 0 Å². The molecule has 0 aliphatic carbocycles. The van der Waals surface area contributed by atoms with Crippen LogP contribution < -0.4 is 10.4 Å². The van der Waals surface area contributed by atoms with Gasteiger partial charge in [-0.05, 0) is 38.1 Å². The van der Waals surface area contributed by atoms with Gasteiger partial charge in [-0.25, -0.2) is 0 Å². The third kappa shape index (κ3) is 20.8. The maximum Gasteiger partial charge on any atom is 0.323 e. The average molecular weight is 497 g/mol. The molecule has 0 spiro atoms. The number of carboxylic acid groups (broad SMARTS) is 1. The van der Waals surface area contributed by atoms with Gasteiger partial charge >= 0.3 is 5.97 Å². The summed E-state index contributed by atoms with van der Waals surface area (Å²) in [5.41, 5.74) is 0. The zero-order valence-electron chi connectivity index (χ0n) is 23.7. The van der Waals surface area contributed by atoms with Crippen LogP contribution in [0.25, 0.3) is 0 Å². The molecule has 2 unspecified atom stereocenters. The van der Waals surface area contributed by atoms with E-state index < -0.39 is 18.0 Å².